The standard InChI is InChI=1S/C41H48N4O7/c1-25-16-30(20-42-22-33(47)18-40(48)49)38(51-4)17-29(25)13-12-28-8-6-9-34(26(28)2)35-10-7-11-36(27(35)3)44-41(50)37-19-39(52-5)31(21-43-37)23-45-15-14-32(46)24-45/h6-13,16-17,19,21,32-33,42,46-47H,14-15,18,20,22-24H2,1-5H3,(H,44,50)(H,48,49)/b13-12+/t32-,33+/m1/s1. The number of amides is 1. The van der Waals surface area contributed by atoms with Gasteiger partial charge in [0.2, 0.25) is 0 Å². The Labute approximate surface area is 304 Å². The number of methoxy groups -OCH3 is 2. The number of pyridine rings is 1. The number of carboxylic acid groups (broad SMARTS) is 1. The summed E-state index contributed by atoms with van der Waals surface area (Å²) < 4.78 is 11.3. The SMILES string of the molecule is COc1cc(/C=C/c2cccc(-c3cccc(NC(=O)c4cc(OC)c(CN5CC[C@@H](O)C5)cn4)c3C)c2C)c(C)cc1CNC[C@@H](O)CC(=O)O. The summed E-state index contributed by atoms with van der Waals surface area (Å²) in [7, 11) is 3.19. The number of nitrogens with zero attached hydrogens (tertiary/aromatic N) is 2. The number of benzene rings is 3. The van der Waals surface area contributed by atoms with Gasteiger partial charge in [-0.3, -0.25) is 19.5 Å². The number of rotatable bonds is 15. The van der Waals surface area contributed by atoms with Crippen LogP contribution in [-0.4, -0.2) is 83.1 Å². The van der Waals surface area contributed by atoms with Gasteiger partial charge in [0, 0.05) is 61.8 Å². The number of aromatic nitrogens is 1. The van der Waals surface area contributed by atoms with Crippen molar-refractivity contribution in [2.45, 2.75) is 58.9 Å². The van der Waals surface area contributed by atoms with Crippen LogP contribution in [0.15, 0.2) is 60.8 Å². The molecule has 0 saturated carbocycles. The molecule has 0 bridgehead atoms. The Morgan fingerprint density at radius 1 is 0.962 bits per heavy atom. The van der Waals surface area contributed by atoms with Gasteiger partial charge in [-0.1, -0.05) is 48.6 Å². The number of carboxylic acids is 1. The van der Waals surface area contributed by atoms with E-state index >= 15 is 0 Å². The van der Waals surface area contributed by atoms with Crippen LogP contribution in [-0.2, 0) is 17.9 Å². The second-order valence-corrected chi connectivity index (χ2v) is 13.2. The van der Waals surface area contributed by atoms with Crippen LogP contribution in [0.3, 0.4) is 0 Å². The average molecular weight is 709 g/mol. The third-order valence-corrected chi connectivity index (χ3v) is 9.50. The highest BCUT2D eigenvalue weighted by molar-refractivity contribution is 6.04. The molecular weight excluding hydrogens is 660 g/mol. The summed E-state index contributed by atoms with van der Waals surface area (Å²) in [5.74, 6) is -0.0998. The summed E-state index contributed by atoms with van der Waals surface area (Å²) in [6.45, 7) is 8.68. The molecule has 0 unspecified atom stereocenters. The Morgan fingerprint density at radius 2 is 1.65 bits per heavy atom. The van der Waals surface area contributed by atoms with E-state index in [-0.39, 0.29) is 30.7 Å². The zero-order valence-electron chi connectivity index (χ0n) is 30.4. The van der Waals surface area contributed by atoms with E-state index in [0.717, 1.165) is 63.0 Å². The molecule has 2 heterocycles. The Hall–Kier alpha value is -5.07. The quantitative estimate of drug-likeness (QED) is 0.0986. The molecule has 1 fully saturated rings. The zero-order chi connectivity index (χ0) is 37.4. The number of aliphatic hydroxyl groups is 2. The van der Waals surface area contributed by atoms with Crippen LogP contribution < -0.4 is 20.1 Å². The lowest BCUT2D eigenvalue weighted by Gasteiger charge is -2.18. The van der Waals surface area contributed by atoms with E-state index in [0.29, 0.717) is 36.8 Å². The van der Waals surface area contributed by atoms with Gasteiger partial charge in [-0.25, -0.2) is 0 Å². The molecule has 2 atom stereocenters. The van der Waals surface area contributed by atoms with Crippen LogP contribution in [0.2, 0.25) is 0 Å². The number of anilines is 1. The number of carbonyl (C=O) groups is 2. The van der Waals surface area contributed by atoms with E-state index in [9.17, 15) is 19.8 Å². The minimum absolute atomic E-state index is 0.160. The van der Waals surface area contributed by atoms with Gasteiger partial charge in [0.15, 0.2) is 0 Å². The lowest BCUT2D eigenvalue weighted by Crippen LogP contribution is -2.28. The van der Waals surface area contributed by atoms with E-state index in [2.05, 4.69) is 57.8 Å². The van der Waals surface area contributed by atoms with Crippen LogP contribution in [0.25, 0.3) is 23.3 Å². The molecule has 1 amide bonds. The minimum Gasteiger partial charge on any atom is -0.496 e. The Balaban J connectivity index is 1.31. The number of likely N-dealkylation sites (tertiary alicyclic amines) is 1. The lowest BCUT2D eigenvalue weighted by molar-refractivity contribution is -0.139. The molecule has 3 aromatic carbocycles. The molecule has 4 aromatic rings. The highest BCUT2D eigenvalue weighted by Crippen LogP contribution is 2.34. The topological polar surface area (TPSA) is 153 Å². The highest BCUT2D eigenvalue weighted by Gasteiger charge is 2.22. The number of nitrogens with one attached hydrogen (secondary N) is 2. The van der Waals surface area contributed by atoms with Crippen LogP contribution in [0, 0.1) is 20.8 Å². The Kier molecular flexibility index (Phi) is 12.8. The number of β-amino-alcohol motifs (C(OH)–C–C–N with tert-alkyl or cyclic N) is 1. The first kappa shape index (κ1) is 38.2. The largest absolute Gasteiger partial charge is 0.496 e. The molecule has 52 heavy (non-hydrogen) atoms. The van der Waals surface area contributed by atoms with E-state index in [4.69, 9.17) is 14.6 Å². The van der Waals surface area contributed by atoms with Gasteiger partial charge in [0.1, 0.15) is 17.2 Å². The molecular formula is C41H48N4O7. The van der Waals surface area contributed by atoms with Crippen molar-refractivity contribution in [3.05, 3.63) is 105 Å². The van der Waals surface area contributed by atoms with E-state index in [1.807, 2.05) is 44.2 Å². The van der Waals surface area contributed by atoms with Crippen LogP contribution in [0.5, 0.6) is 11.5 Å². The number of aliphatic hydroxyl groups excluding tert-OH is 2. The smallest absolute Gasteiger partial charge is 0.306 e. The fourth-order valence-corrected chi connectivity index (χ4v) is 6.57. The normalized spacial score (nSPS) is 15.2. The molecule has 274 valence electrons. The van der Waals surface area contributed by atoms with Crippen molar-refractivity contribution in [2.75, 3.05) is 39.2 Å². The first-order valence-corrected chi connectivity index (χ1v) is 17.4. The van der Waals surface area contributed by atoms with Crippen molar-refractivity contribution >= 4 is 29.7 Å². The van der Waals surface area contributed by atoms with Crippen molar-refractivity contribution in [1.82, 2.24) is 15.2 Å². The van der Waals surface area contributed by atoms with Gasteiger partial charge in [-0.2, -0.15) is 0 Å². The number of carbonyl (C=O) groups excluding carboxylic acids is 1. The summed E-state index contributed by atoms with van der Waals surface area (Å²) >= 11 is 0. The van der Waals surface area contributed by atoms with Gasteiger partial charge in [0.05, 0.1) is 32.8 Å². The van der Waals surface area contributed by atoms with Crippen molar-refractivity contribution in [3.8, 4) is 22.6 Å². The maximum absolute atomic E-state index is 13.4. The summed E-state index contributed by atoms with van der Waals surface area (Å²) in [5, 5.41) is 34.8. The molecule has 0 spiro atoms. The molecule has 11 nitrogen and oxygen atoms in total. The Morgan fingerprint density at radius 3 is 2.35 bits per heavy atom. The number of aliphatic carboxylic acids is 1. The van der Waals surface area contributed by atoms with Crippen LogP contribution in [0.1, 0.15) is 62.3 Å². The summed E-state index contributed by atoms with van der Waals surface area (Å²) in [6, 6.07) is 17.7. The van der Waals surface area contributed by atoms with Crippen molar-refractivity contribution in [3.63, 3.8) is 0 Å². The summed E-state index contributed by atoms with van der Waals surface area (Å²) in [5.41, 5.74) is 9.85. The third-order valence-electron chi connectivity index (χ3n) is 9.50. The molecule has 5 N–H and O–H groups in total. The van der Waals surface area contributed by atoms with Crippen molar-refractivity contribution < 1.29 is 34.4 Å². The highest BCUT2D eigenvalue weighted by atomic mass is 16.5. The van der Waals surface area contributed by atoms with Crippen LogP contribution in [0.4, 0.5) is 5.69 Å². The average Bonchev–Trinajstić information content (AvgIpc) is 3.53. The van der Waals surface area contributed by atoms with E-state index in [1.54, 1.807) is 26.5 Å². The molecule has 1 saturated heterocycles. The van der Waals surface area contributed by atoms with E-state index < -0.39 is 12.1 Å². The first-order valence-electron chi connectivity index (χ1n) is 17.4. The monoisotopic (exact) mass is 708 g/mol. The molecule has 5 rings (SSSR count). The predicted molar refractivity (Wildman–Crippen MR) is 203 cm³/mol. The molecule has 11 heteroatoms. The van der Waals surface area contributed by atoms with Gasteiger partial charge >= 0.3 is 5.97 Å². The maximum atomic E-state index is 13.4. The molecule has 0 aliphatic carbocycles. The number of aryl methyl sites for hydroxylation is 1. The Bertz CT molecular complexity index is 1940. The first-order chi connectivity index (χ1) is 25.0. The second kappa shape index (κ2) is 17.4. The molecule has 1 aromatic heterocycles. The van der Waals surface area contributed by atoms with Gasteiger partial charge in [0.25, 0.3) is 5.91 Å². The van der Waals surface area contributed by atoms with Gasteiger partial charge in [-0.05, 0) is 78.3 Å². The molecule has 0 radical (unpaired) electrons. The van der Waals surface area contributed by atoms with Crippen LogP contribution >= 0.6 is 0 Å². The summed E-state index contributed by atoms with van der Waals surface area (Å²) in [6.07, 6.45) is 4.95. The number of hydrogen-bond donors (Lipinski definition) is 5. The minimum atomic E-state index is -1.04. The molecule has 1 aliphatic rings. The molecule has 1 aliphatic heterocycles. The number of ether oxygens (including phenoxy) is 2. The zero-order valence-corrected chi connectivity index (χ0v) is 30.4. The lowest BCUT2D eigenvalue weighted by atomic mass is 9.92. The fraction of sp³-hybridized carbons (Fsp3) is 0.341. The fourth-order valence-electron chi connectivity index (χ4n) is 6.57. The summed E-state index contributed by atoms with van der Waals surface area (Å²) in [4.78, 5) is 30.8. The number of hydrogen-bond acceptors (Lipinski definition) is 9. The second-order valence-electron chi connectivity index (χ2n) is 13.2. The van der Waals surface area contributed by atoms with Crippen molar-refractivity contribution in [1.29, 1.82) is 0 Å². The van der Waals surface area contributed by atoms with Gasteiger partial charge < -0.3 is 35.4 Å². The predicted octanol–water partition coefficient (Wildman–Crippen LogP) is 5.61. The van der Waals surface area contributed by atoms with E-state index in [1.165, 1.54) is 0 Å². The maximum Gasteiger partial charge on any atom is 0.306 e. The van der Waals surface area contributed by atoms with Gasteiger partial charge in [-0.15, -0.1) is 0 Å². The third kappa shape index (κ3) is 9.42. The van der Waals surface area contributed by atoms with Crippen molar-refractivity contribution in [2.24, 2.45) is 0 Å².